The summed E-state index contributed by atoms with van der Waals surface area (Å²) in [4.78, 5) is 14.4. The van der Waals surface area contributed by atoms with E-state index in [2.05, 4.69) is 5.32 Å². The average molecular weight is 323 g/mol. The normalized spacial score (nSPS) is 23.2. The first-order valence-corrected chi connectivity index (χ1v) is 8.50. The second kappa shape index (κ2) is 6.88. The molecule has 1 aliphatic carbocycles. The van der Waals surface area contributed by atoms with Gasteiger partial charge in [-0.1, -0.05) is 30.2 Å². The fourth-order valence-electron chi connectivity index (χ4n) is 3.43. The van der Waals surface area contributed by atoms with Crippen LogP contribution in [0.4, 0.5) is 4.79 Å². The van der Waals surface area contributed by atoms with Crippen molar-refractivity contribution in [2.45, 2.75) is 44.2 Å². The molecule has 1 saturated heterocycles. The van der Waals surface area contributed by atoms with E-state index in [1.807, 2.05) is 24.3 Å². The highest BCUT2D eigenvalue weighted by Crippen LogP contribution is 2.38. The summed E-state index contributed by atoms with van der Waals surface area (Å²) in [5, 5.41) is 13.3. The van der Waals surface area contributed by atoms with Gasteiger partial charge < -0.3 is 15.3 Å². The molecular formula is C17H23ClN2O2. The fraction of sp³-hybridized carbons (Fsp3) is 0.588. The quantitative estimate of drug-likeness (QED) is 0.893. The molecule has 1 aromatic rings. The zero-order valence-corrected chi connectivity index (χ0v) is 13.4. The molecule has 2 fully saturated rings. The highest BCUT2D eigenvalue weighted by molar-refractivity contribution is 6.30. The number of amides is 2. The van der Waals surface area contributed by atoms with E-state index in [1.54, 1.807) is 4.90 Å². The maximum Gasteiger partial charge on any atom is 0.318 e. The Kier molecular flexibility index (Phi) is 4.89. The fourth-order valence-corrected chi connectivity index (χ4v) is 3.55. The van der Waals surface area contributed by atoms with E-state index in [-0.39, 0.29) is 24.7 Å². The molecule has 0 radical (unpaired) electrons. The molecular weight excluding hydrogens is 300 g/mol. The Morgan fingerprint density at radius 3 is 2.59 bits per heavy atom. The summed E-state index contributed by atoms with van der Waals surface area (Å²) in [6.45, 7) is 0.775. The van der Waals surface area contributed by atoms with Crippen molar-refractivity contribution in [1.82, 2.24) is 10.2 Å². The van der Waals surface area contributed by atoms with Crippen LogP contribution >= 0.6 is 11.6 Å². The van der Waals surface area contributed by atoms with Gasteiger partial charge in [-0.25, -0.2) is 4.79 Å². The van der Waals surface area contributed by atoms with Gasteiger partial charge in [0.1, 0.15) is 0 Å². The molecule has 1 aliphatic heterocycles. The van der Waals surface area contributed by atoms with E-state index in [9.17, 15) is 9.90 Å². The third-order valence-electron chi connectivity index (χ3n) is 4.98. The monoisotopic (exact) mass is 322 g/mol. The number of hydrogen-bond donors (Lipinski definition) is 2. The number of benzene rings is 1. The molecule has 2 aliphatic rings. The molecule has 1 aromatic carbocycles. The molecule has 2 amide bonds. The average Bonchev–Trinajstić information content (AvgIpc) is 2.94. The minimum Gasteiger partial charge on any atom is -0.394 e. The lowest BCUT2D eigenvalue weighted by atomic mass is 9.77. The Morgan fingerprint density at radius 1 is 1.27 bits per heavy atom. The van der Waals surface area contributed by atoms with Crippen LogP contribution in [0.1, 0.15) is 43.7 Å². The third-order valence-corrected chi connectivity index (χ3v) is 5.23. The SMILES string of the molecule is O=C(NC(c1ccc(Cl)cc1)C1CCC1)N1CCCC1CO. The molecule has 5 heteroatoms. The molecule has 0 spiro atoms. The van der Waals surface area contributed by atoms with Crippen LogP contribution in [0.3, 0.4) is 0 Å². The lowest BCUT2D eigenvalue weighted by molar-refractivity contribution is 0.145. The number of hydrogen-bond acceptors (Lipinski definition) is 2. The van der Waals surface area contributed by atoms with Gasteiger partial charge in [-0.15, -0.1) is 0 Å². The number of urea groups is 1. The maximum atomic E-state index is 12.6. The Balaban J connectivity index is 1.72. The van der Waals surface area contributed by atoms with Gasteiger partial charge in [0.05, 0.1) is 18.7 Å². The predicted octanol–water partition coefficient (Wildman–Crippen LogP) is 3.35. The van der Waals surface area contributed by atoms with Gasteiger partial charge in [0.25, 0.3) is 0 Å². The van der Waals surface area contributed by atoms with Crippen LogP contribution in [0.25, 0.3) is 0 Å². The van der Waals surface area contributed by atoms with Crippen LogP contribution in [0.2, 0.25) is 5.02 Å². The van der Waals surface area contributed by atoms with Crippen LogP contribution < -0.4 is 5.32 Å². The number of nitrogens with zero attached hydrogens (tertiary/aromatic N) is 1. The van der Waals surface area contributed by atoms with Crippen LogP contribution in [0.15, 0.2) is 24.3 Å². The summed E-state index contributed by atoms with van der Waals surface area (Å²) < 4.78 is 0. The maximum absolute atomic E-state index is 12.6. The molecule has 2 unspecified atom stereocenters. The molecule has 22 heavy (non-hydrogen) atoms. The van der Waals surface area contributed by atoms with Crippen molar-refractivity contribution in [3.63, 3.8) is 0 Å². The first kappa shape index (κ1) is 15.6. The highest BCUT2D eigenvalue weighted by atomic mass is 35.5. The predicted molar refractivity (Wildman–Crippen MR) is 86.9 cm³/mol. The Labute approximate surface area is 136 Å². The first-order chi connectivity index (χ1) is 10.7. The van der Waals surface area contributed by atoms with E-state index < -0.39 is 0 Å². The van der Waals surface area contributed by atoms with Crippen molar-refractivity contribution in [2.24, 2.45) is 5.92 Å². The van der Waals surface area contributed by atoms with Crippen molar-refractivity contribution in [3.8, 4) is 0 Å². The molecule has 1 saturated carbocycles. The summed E-state index contributed by atoms with van der Waals surface area (Å²) >= 11 is 5.97. The van der Waals surface area contributed by atoms with E-state index >= 15 is 0 Å². The Morgan fingerprint density at radius 2 is 2.00 bits per heavy atom. The molecule has 1 heterocycles. The van der Waals surface area contributed by atoms with Crippen LogP contribution in [-0.2, 0) is 0 Å². The molecule has 120 valence electrons. The lowest BCUT2D eigenvalue weighted by Gasteiger charge is -2.36. The molecule has 2 atom stereocenters. The van der Waals surface area contributed by atoms with Gasteiger partial charge in [-0.2, -0.15) is 0 Å². The van der Waals surface area contributed by atoms with Gasteiger partial charge in [0, 0.05) is 11.6 Å². The van der Waals surface area contributed by atoms with Crippen molar-refractivity contribution in [3.05, 3.63) is 34.9 Å². The van der Waals surface area contributed by atoms with Gasteiger partial charge in [0.2, 0.25) is 0 Å². The summed E-state index contributed by atoms with van der Waals surface area (Å²) in [7, 11) is 0. The smallest absolute Gasteiger partial charge is 0.318 e. The number of carbonyl (C=O) groups is 1. The second-order valence-electron chi connectivity index (χ2n) is 6.34. The van der Waals surface area contributed by atoms with Crippen LogP contribution in [0, 0.1) is 5.92 Å². The topological polar surface area (TPSA) is 52.6 Å². The first-order valence-electron chi connectivity index (χ1n) is 8.12. The standard InChI is InChI=1S/C17H23ClN2O2/c18-14-8-6-13(7-9-14)16(12-3-1-4-12)19-17(22)20-10-2-5-15(20)11-21/h6-9,12,15-16,21H,1-5,10-11H2,(H,19,22). The van der Waals surface area contributed by atoms with Gasteiger partial charge in [0.15, 0.2) is 0 Å². The number of rotatable bonds is 4. The summed E-state index contributed by atoms with van der Waals surface area (Å²) in [5.74, 6) is 0.500. The summed E-state index contributed by atoms with van der Waals surface area (Å²) in [6, 6.07) is 7.70. The number of nitrogens with one attached hydrogen (secondary N) is 1. The molecule has 2 N–H and O–H groups in total. The zero-order valence-electron chi connectivity index (χ0n) is 12.7. The second-order valence-corrected chi connectivity index (χ2v) is 6.78. The van der Waals surface area contributed by atoms with Gasteiger partial charge in [-0.05, 0) is 49.3 Å². The number of likely N-dealkylation sites (tertiary alicyclic amines) is 1. The highest BCUT2D eigenvalue weighted by Gasteiger charge is 2.33. The third kappa shape index (κ3) is 3.23. The van der Waals surface area contributed by atoms with Crippen molar-refractivity contribution in [2.75, 3.05) is 13.2 Å². The Hall–Kier alpha value is -1.26. The van der Waals surface area contributed by atoms with Crippen LogP contribution in [0.5, 0.6) is 0 Å². The largest absolute Gasteiger partial charge is 0.394 e. The van der Waals surface area contributed by atoms with Crippen molar-refractivity contribution in [1.29, 1.82) is 0 Å². The Bertz CT molecular complexity index is 516. The molecule has 4 nitrogen and oxygen atoms in total. The molecule has 0 bridgehead atoms. The van der Waals surface area contributed by atoms with Gasteiger partial charge >= 0.3 is 6.03 Å². The van der Waals surface area contributed by atoms with E-state index in [0.717, 1.165) is 37.8 Å². The minimum atomic E-state index is -0.0524. The lowest BCUT2D eigenvalue weighted by Crippen LogP contribution is -2.47. The zero-order chi connectivity index (χ0) is 15.5. The van der Waals surface area contributed by atoms with Crippen molar-refractivity contribution < 1.29 is 9.90 Å². The number of carbonyl (C=O) groups excluding carboxylic acids is 1. The summed E-state index contributed by atoms with van der Waals surface area (Å²) in [6.07, 6.45) is 5.38. The van der Waals surface area contributed by atoms with E-state index in [0.29, 0.717) is 10.9 Å². The molecule has 0 aromatic heterocycles. The van der Waals surface area contributed by atoms with Crippen molar-refractivity contribution >= 4 is 17.6 Å². The van der Waals surface area contributed by atoms with E-state index in [1.165, 1.54) is 6.42 Å². The van der Waals surface area contributed by atoms with Crippen LogP contribution in [-0.4, -0.2) is 35.2 Å². The summed E-state index contributed by atoms with van der Waals surface area (Å²) in [5.41, 5.74) is 1.11. The number of aliphatic hydroxyl groups excluding tert-OH is 1. The number of halogens is 1. The van der Waals surface area contributed by atoms with E-state index in [4.69, 9.17) is 11.6 Å². The minimum absolute atomic E-state index is 0.0349. The number of aliphatic hydroxyl groups is 1. The van der Waals surface area contributed by atoms with Gasteiger partial charge in [-0.3, -0.25) is 0 Å². The molecule has 3 rings (SSSR count).